The van der Waals surface area contributed by atoms with Gasteiger partial charge in [-0.15, -0.1) is 11.8 Å². The summed E-state index contributed by atoms with van der Waals surface area (Å²) < 4.78 is 39.2. The number of carbonyl (C=O) groups is 2. The molecule has 0 saturated carbocycles. The van der Waals surface area contributed by atoms with Crippen molar-refractivity contribution < 1.29 is 27.9 Å². The van der Waals surface area contributed by atoms with Gasteiger partial charge in [-0.1, -0.05) is 12.1 Å². The van der Waals surface area contributed by atoms with Crippen molar-refractivity contribution in [2.75, 3.05) is 11.6 Å². The first-order chi connectivity index (χ1) is 15.1. The maximum Gasteiger partial charge on any atom is 0.416 e. The number of hydrogen-bond acceptors (Lipinski definition) is 5. The van der Waals surface area contributed by atoms with Gasteiger partial charge < -0.3 is 15.7 Å². The lowest BCUT2D eigenvalue weighted by atomic mass is 9.95. The van der Waals surface area contributed by atoms with Crippen LogP contribution < -0.4 is 10.6 Å². The van der Waals surface area contributed by atoms with E-state index in [1.165, 1.54) is 30.0 Å². The molecule has 0 aromatic heterocycles. The van der Waals surface area contributed by atoms with Crippen molar-refractivity contribution in [3.8, 4) is 6.07 Å². The van der Waals surface area contributed by atoms with Gasteiger partial charge in [0.05, 0.1) is 23.2 Å². The van der Waals surface area contributed by atoms with Crippen LogP contribution in [0.25, 0.3) is 0 Å². The zero-order valence-electron chi connectivity index (χ0n) is 16.8. The topological polar surface area (TPSA) is 102 Å². The smallest absolute Gasteiger partial charge is 0.416 e. The molecule has 0 bridgehead atoms. The molecule has 3 N–H and O–H groups in total. The Morgan fingerprint density at radius 1 is 1.22 bits per heavy atom. The van der Waals surface area contributed by atoms with Crippen LogP contribution in [0.5, 0.6) is 0 Å². The molecule has 0 aliphatic heterocycles. The van der Waals surface area contributed by atoms with Gasteiger partial charge in [0.25, 0.3) is 0 Å². The summed E-state index contributed by atoms with van der Waals surface area (Å²) in [4.78, 5) is 24.9. The van der Waals surface area contributed by atoms with Crippen LogP contribution in [0.15, 0.2) is 58.6 Å². The molecular weight excluding hydrogens is 443 g/mol. The van der Waals surface area contributed by atoms with Crippen molar-refractivity contribution in [2.24, 2.45) is 0 Å². The molecule has 2 aromatic rings. The van der Waals surface area contributed by atoms with Gasteiger partial charge in [0.2, 0.25) is 0 Å². The van der Waals surface area contributed by atoms with Crippen molar-refractivity contribution in [3.05, 3.63) is 70.4 Å². The van der Waals surface area contributed by atoms with E-state index in [2.05, 4.69) is 10.6 Å². The number of ketones is 1. The number of benzene rings is 2. The summed E-state index contributed by atoms with van der Waals surface area (Å²) in [5.74, 6) is -0.311. The van der Waals surface area contributed by atoms with E-state index in [1.807, 2.05) is 6.07 Å². The lowest BCUT2D eigenvalue weighted by Crippen LogP contribution is -2.31. The van der Waals surface area contributed by atoms with Gasteiger partial charge in [-0.05, 0) is 48.6 Å². The van der Waals surface area contributed by atoms with E-state index in [4.69, 9.17) is 5.26 Å². The van der Waals surface area contributed by atoms with Crippen LogP contribution in [0, 0.1) is 11.3 Å². The van der Waals surface area contributed by atoms with Gasteiger partial charge in [0, 0.05) is 28.3 Å². The van der Waals surface area contributed by atoms with Gasteiger partial charge in [-0.25, -0.2) is 4.79 Å². The van der Waals surface area contributed by atoms with Crippen LogP contribution in [0.4, 0.5) is 23.7 Å². The molecule has 2 aromatic carbocycles. The number of allylic oxidation sites excluding steroid dienone is 1. The summed E-state index contributed by atoms with van der Waals surface area (Å²) in [5, 5.41) is 23.8. The maximum atomic E-state index is 13.1. The molecule has 0 heterocycles. The second-order valence-electron chi connectivity index (χ2n) is 6.97. The molecule has 166 valence electrons. The number of carbonyl (C=O) groups excluding carboxylic acids is 1. The van der Waals surface area contributed by atoms with Crippen molar-refractivity contribution in [2.45, 2.75) is 30.0 Å². The monoisotopic (exact) mass is 461 g/mol. The number of nitriles is 1. The first-order valence-corrected chi connectivity index (χ1v) is 10.6. The number of alkyl halides is 3. The predicted octanol–water partition coefficient (Wildman–Crippen LogP) is 5.34. The molecule has 1 unspecified atom stereocenters. The van der Waals surface area contributed by atoms with E-state index in [0.717, 1.165) is 12.1 Å². The third-order valence-corrected chi connectivity index (χ3v) is 5.74. The molecule has 10 heteroatoms. The summed E-state index contributed by atoms with van der Waals surface area (Å²) in [5.41, 5.74) is 0.648. The third-order valence-electron chi connectivity index (χ3n) is 4.94. The van der Waals surface area contributed by atoms with Crippen molar-refractivity contribution in [1.29, 1.82) is 5.26 Å². The zero-order chi connectivity index (χ0) is 23.5. The molecular formula is C22H18F3N3O3S. The maximum absolute atomic E-state index is 13.1. The lowest BCUT2D eigenvalue weighted by Gasteiger charge is -2.23. The van der Waals surface area contributed by atoms with Crippen LogP contribution in [-0.4, -0.2) is 23.2 Å². The Hall–Kier alpha value is -3.45. The summed E-state index contributed by atoms with van der Waals surface area (Å²) in [6.45, 7) is 0. The Bertz CT molecular complexity index is 1140. The quantitative estimate of drug-likeness (QED) is 0.502. The number of hydrogen-bond donors (Lipinski definition) is 3. The molecule has 32 heavy (non-hydrogen) atoms. The minimum Gasteiger partial charge on any atom is -0.465 e. The van der Waals surface area contributed by atoms with E-state index in [0.29, 0.717) is 21.7 Å². The predicted molar refractivity (Wildman–Crippen MR) is 113 cm³/mol. The van der Waals surface area contributed by atoms with Gasteiger partial charge in [0.1, 0.15) is 0 Å². The number of thioether (sulfide) groups is 1. The second-order valence-corrected chi connectivity index (χ2v) is 7.82. The molecule has 1 aliphatic rings. The minimum absolute atomic E-state index is 0.0965. The molecule has 0 saturated heterocycles. The number of nitrogens with zero attached hydrogens (tertiary/aromatic N) is 1. The standard InChI is InChI=1S/C22H18F3N3O3S/c1-32-18-9-12(11-26)5-6-15(18)20(28-21(30)31)19-16(7-8-17(19)29)27-14-4-2-3-13(10-14)22(23,24)25/h2-6,9-10,20,27-28H,7-8H2,1H3,(H,30,31). The van der Waals surface area contributed by atoms with E-state index in [-0.39, 0.29) is 29.9 Å². The molecule has 1 amide bonds. The van der Waals surface area contributed by atoms with E-state index in [9.17, 15) is 27.9 Å². The highest BCUT2D eigenvalue weighted by atomic mass is 32.2. The van der Waals surface area contributed by atoms with E-state index >= 15 is 0 Å². The number of rotatable bonds is 6. The minimum atomic E-state index is -4.52. The van der Waals surface area contributed by atoms with Crippen molar-refractivity contribution in [3.63, 3.8) is 0 Å². The molecule has 0 fully saturated rings. The van der Waals surface area contributed by atoms with Crippen LogP contribution in [0.2, 0.25) is 0 Å². The molecule has 1 atom stereocenters. The van der Waals surface area contributed by atoms with Crippen LogP contribution in [0.3, 0.4) is 0 Å². The Morgan fingerprint density at radius 3 is 2.59 bits per heavy atom. The normalized spacial score (nSPS) is 14.8. The number of nitrogens with one attached hydrogen (secondary N) is 2. The number of anilines is 1. The fourth-order valence-electron chi connectivity index (χ4n) is 3.54. The van der Waals surface area contributed by atoms with Crippen LogP contribution in [0.1, 0.15) is 35.6 Å². The third kappa shape index (κ3) is 5.06. The van der Waals surface area contributed by atoms with E-state index < -0.39 is 23.9 Å². The Morgan fingerprint density at radius 2 is 1.97 bits per heavy atom. The summed E-state index contributed by atoms with van der Waals surface area (Å²) >= 11 is 1.29. The fraction of sp³-hybridized carbons (Fsp3) is 0.227. The van der Waals surface area contributed by atoms with Gasteiger partial charge >= 0.3 is 12.3 Å². The highest BCUT2D eigenvalue weighted by molar-refractivity contribution is 7.98. The Labute approximate surface area is 186 Å². The number of halogens is 3. The Kier molecular flexibility index (Phi) is 6.79. The molecule has 6 nitrogen and oxygen atoms in total. The average molecular weight is 461 g/mol. The molecule has 1 aliphatic carbocycles. The first kappa shape index (κ1) is 23.2. The van der Waals surface area contributed by atoms with Gasteiger partial charge in [0.15, 0.2) is 5.78 Å². The second kappa shape index (κ2) is 9.36. The van der Waals surface area contributed by atoms with Crippen LogP contribution >= 0.6 is 11.8 Å². The summed E-state index contributed by atoms with van der Waals surface area (Å²) in [7, 11) is 0. The Balaban J connectivity index is 2.09. The zero-order valence-corrected chi connectivity index (χ0v) is 17.6. The van der Waals surface area contributed by atoms with Crippen LogP contribution in [-0.2, 0) is 11.0 Å². The largest absolute Gasteiger partial charge is 0.465 e. The number of carboxylic acid groups (broad SMARTS) is 1. The number of Topliss-reactive ketones (excluding diaryl/α,β-unsaturated/α-hetero) is 1. The molecule has 0 spiro atoms. The summed E-state index contributed by atoms with van der Waals surface area (Å²) in [6.07, 6.45) is -3.81. The lowest BCUT2D eigenvalue weighted by molar-refractivity contribution is -0.137. The fourth-order valence-corrected chi connectivity index (χ4v) is 4.20. The van der Waals surface area contributed by atoms with Crippen molar-refractivity contribution >= 4 is 29.3 Å². The SMILES string of the molecule is CSc1cc(C#N)ccc1C(NC(=O)O)C1=C(Nc2cccc(C(F)(F)F)c2)CCC1=O. The number of amides is 1. The van der Waals surface area contributed by atoms with Gasteiger partial charge in [-0.2, -0.15) is 18.4 Å². The highest BCUT2D eigenvalue weighted by Gasteiger charge is 2.34. The van der Waals surface area contributed by atoms with E-state index in [1.54, 1.807) is 18.4 Å². The van der Waals surface area contributed by atoms with Gasteiger partial charge in [-0.3, -0.25) is 4.79 Å². The molecule has 3 rings (SSSR count). The summed E-state index contributed by atoms with van der Waals surface area (Å²) in [6, 6.07) is 10.2. The average Bonchev–Trinajstić information content (AvgIpc) is 3.10. The van der Waals surface area contributed by atoms with Crippen molar-refractivity contribution in [1.82, 2.24) is 5.32 Å². The first-order valence-electron chi connectivity index (χ1n) is 9.42. The molecule has 0 radical (unpaired) electrons. The highest BCUT2D eigenvalue weighted by Crippen LogP contribution is 2.38.